The highest BCUT2D eigenvalue weighted by Crippen LogP contribution is 2.21. The van der Waals surface area contributed by atoms with Gasteiger partial charge in [-0.1, -0.05) is 30.3 Å². The van der Waals surface area contributed by atoms with Gasteiger partial charge in [0.25, 0.3) is 0 Å². The third kappa shape index (κ3) is 3.12. The van der Waals surface area contributed by atoms with Gasteiger partial charge in [-0.25, -0.2) is 4.79 Å². The number of carboxylic acids is 1. The molecule has 0 spiro atoms. The molecule has 1 saturated heterocycles. The topological polar surface area (TPSA) is 83.6 Å². The second-order valence-electron chi connectivity index (χ2n) is 4.90. The minimum Gasteiger partial charge on any atom is -0.480 e. The molecule has 0 aromatic heterocycles. The van der Waals surface area contributed by atoms with E-state index in [2.05, 4.69) is 0 Å². The van der Waals surface area contributed by atoms with Gasteiger partial charge in [0.05, 0.1) is 0 Å². The number of amides is 1. The minimum absolute atomic E-state index is 0.0742. The van der Waals surface area contributed by atoms with E-state index in [0.29, 0.717) is 25.9 Å². The predicted octanol–water partition coefficient (Wildman–Crippen LogP) is 0.489. The number of nitrogens with two attached hydrogens (primary N) is 1. The van der Waals surface area contributed by atoms with Gasteiger partial charge in [-0.3, -0.25) is 4.79 Å². The third-order valence-electron chi connectivity index (χ3n) is 3.51. The Morgan fingerprint density at radius 2 is 2.11 bits per heavy atom. The van der Waals surface area contributed by atoms with Gasteiger partial charge in [0.1, 0.15) is 6.04 Å². The molecule has 5 nitrogen and oxygen atoms in total. The van der Waals surface area contributed by atoms with Crippen LogP contribution in [0.15, 0.2) is 30.3 Å². The quantitative estimate of drug-likeness (QED) is 0.809. The molecule has 1 fully saturated rings. The molecule has 1 aromatic rings. The highest BCUT2D eigenvalue weighted by molar-refractivity contribution is 5.85. The van der Waals surface area contributed by atoms with Crippen molar-refractivity contribution in [2.45, 2.75) is 18.9 Å². The molecule has 0 aliphatic carbocycles. The lowest BCUT2D eigenvalue weighted by atomic mass is 10.0. The number of carboxylic acid groups (broad SMARTS) is 1. The van der Waals surface area contributed by atoms with E-state index >= 15 is 0 Å². The van der Waals surface area contributed by atoms with Gasteiger partial charge < -0.3 is 15.7 Å². The van der Waals surface area contributed by atoms with Crippen molar-refractivity contribution in [3.05, 3.63) is 35.9 Å². The van der Waals surface area contributed by atoms with Crippen molar-refractivity contribution < 1.29 is 14.7 Å². The molecule has 19 heavy (non-hydrogen) atoms. The molecule has 5 heteroatoms. The summed E-state index contributed by atoms with van der Waals surface area (Å²) in [4.78, 5) is 24.7. The van der Waals surface area contributed by atoms with Crippen molar-refractivity contribution in [1.82, 2.24) is 4.90 Å². The van der Waals surface area contributed by atoms with Gasteiger partial charge in [-0.15, -0.1) is 0 Å². The van der Waals surface area contributed by atoms with Crippen molar-refractivity contribution in [2.24, 2.45) is 11.7 Å². The molecule has 3 N–H and O–H groups in total. The molecule has 1 amide bonds. The highest BCUT2D eigenvalue weighted by atomic mass is 16.4. The van der Waals surface area contributed by atoms with Crippen molar-refractivity contribution in [3.8, 4) is 0 Å². The summed E-state index contributed by atoms with van der Waals surface area (Å²) < 4.78 is 0. The Hall–Kier alpha value is -1.88. The molecule has 0 bridgehead atoms. The molecule has 1 aliphatic heterocycles. The van der Waals surface area contributed by atoms with Crippen LogP contribution in [-0.2, 0) is 16.0 Å². The summed E-state index contributed by atoms with van der Waals surface area (Å²) in [7, 11) is 0. The number of hydrogen-bond donors (Lipinski definition) is 2. The van der Waals surface area contributed by atoms with Gasteiger partial charge in [-0.05, 0) is 18.0 Å². The zero-order valence-electron chi connectivity index (χ0n) is 10.7. The standard InChI is InChI=1S/C14H18N2O3/c15-8-11-7-13(17)16(9-11)12(14(18)19)6-10-4-2-1-3-5-10/h1-5,11-12H,6-9,15H2,(H,18,19)/t11?,12-/m1/s1. The van der Waals surface area contributed by atoms with Gasteiger partial charge in [0.15, 0.2) is 0 Å². The smallest absolute Gasteiger partial charge is 0.326 e. The first-order valence-electron chi connectivity index (χ1n) is 6.38. The molecule has 0 radical (unpaired) electrons. The number of nitrogens with zero attached hydrogens (tertiary/aromatic N) is 1. The van der Waals surface area contributed by atoms with Crippen molar-refractivity contribution in [2.75, 3.05) is 13.1 Å². The molecular weight excluding hydrogens is 244 g/mol. The Morgan fingerprint density at radius 1 is 1.42 bits per heavy atom. The van der Waals surface area contributed by atoms with Crippen LogP contribution in [0.25, 0.3) is 0 Å². The van der Waals surface area contributed by atoms with Crippen LogP contribution in [0.4, 0.5) is 0 Å². The summed E-state index contributed by atoms with van der Waals surface area (Å²) in [5.74, 6) is -1.00. The maximum absolute atomic E-state index is 11.9. The average Bonchev–Trinajstić information content (AvgIpc) is 2.78. The Kier molecular flexibility index (Phi) is 4.16. The van der Waals surface area contributed by atoms with Crippen LogP contribution in [0.3, 0.4) is 0 Å². The van der Waals surface area contributed by atoms with E-state index in [4.69, 9.17) is 5.73 Å². The van der Waals surface area contributed by atoms with Crippen LogP contribution in [0, 0.1) is 5.92 Å². The molecule has 1 unspecified atom stereocenters. The Labute approximate surface area is 112 Å². The first-order valence-corrected chi connectivity index (χ1v) is 6.38. The van der Waals surface area contributed by atoms with Gasteiger partial charge in [0, 0.05) is 19.4 Å². The molecule has 0 saturated carbocycles. The van der Waals surface area contributed by atoms with Crippen LogP contribution in [-0.4, -0.2) is 41.0 Å². The van der Waals surface area contributed by atoms with Crippen LogP contribution in [0.2, 0.25) is 0 Å². The lowest BCUT2D eigenvalue weighted by Gasteiger charge is -2.24. The second kappa shape index (κ2) is 5.84. The first kappa shape index (κ1) is 13.5. The molecule has 1 aromatic carbocycles. The molecule has 1 heterocycles. The summed E-state index contributed by atoms with van der Waals surface area (Å²) in [6.45, 7) is 0.860. The Balaban J connectivity index is 2.13. The zero-order valence-corrected chi connectivity index (χ0v) is 10.7. The molecule has 2 rings (SSSR count). The van der Waals surface area contributed by atoms with Crippen molar-refractivity contribution >= 4 is 11.9 Å². The minimum atomic E-state index is -0.963. The summed E-state index contributed by atoms with van der Waals surface area (Å²) in [5.41, 5.74) is 6.48. The van der Waals surface area contributed by atoms with Crippen LogP contribution >= 0.6 is 0 Å². The first-order chi connectivity index (χ1) is 9.11. The summed E-state index contributed by atoms with van der Waals surface area (Å²) in [6.07, 6.45) is 0.689. The number of hydrogen-bond acceptors (Lipinski definition) is 3. The maximum atomic E-state index is 11.9. The highest BCUT2D eigenvalue weighted by Gasteiger charge is 2.37. The predicted molar refractivity (Wildman–Crippen MR) is 70.4 cm³/mol. The monoisotopic (exact) mass is 262 g/mol. The van der Waals surface area contributed by atoms with Crippen LogP contribution in [0.5, 0.6) is 0 Å². The number of carbonyl (C=O) groups excluding carboxylic acids is 1. The second-order valence-corrected chi connectivity index (χ2v) is 4.90. The fourth-order valence-electron chi connectivity index (χ4n) is 2.44. The number of carbonyl (C=O) groups is 2. The van der Waals surface area contributed by atoms with E-state index in [0.717, 1.165) is 5.56 Å². The average molecular weight is 262 g/mol. The van der Waals surface area contributed by atoms with E-state index < -0.39 is 12.0 Å². The number of likely N-dealkylation sites (tertiary alicyclic amines) is 1. The number of rotatable bonds is 5. The SMILES string of the molecule is NCC1CC(=O)N([C@H](Cc2ccccc2)C(=O)O)C1. The zero-order chi connectivity index (χ0) is 13.8. The van der Waals surface area contributed by atoms with Gasteiger partial charge >= 0.3 is 5.97 Å². The van der Waals surface area contributed by atoms with Crippen molar-refractivity contribution in [1.29, 1.82) is 0 Å². The number of benzene rings is 1. The fraction of sp³-hybridized carbons (Fsp3) is 0.429. The molecular formula is C14H18N2O3. The molecule has 2 atom stereocenters. The van der Waals surface area contributed by atoms with Gasteiger partial charge in [0.2, 0.25) is 5.91 Å². The third-order valence-corrected chi connectivity index (χ3v) is 3.51. The summed E-state index contributed by atoms with van der Waals surface area (Å²) in [5, 5.41) is 9.35. The van der Waals surface area contributed by atoms with Gasteiger partial charge in [-0.2, -0.15) is 0 Å². The van der Waals surface area contributed by atoms with Crippen molar-refractivity contribution in [3.63, 3.8) is 0 Å². The van der Waals surface area contributed by atoms with Crippen LogP contribution in [0.1, 0.15) is 12.0 Å². The van der Waals surface area contributed by atoms with E-state index in [1.165, 1.54) is 4.90 Å². The van der Waals surface area contributed by atoms with E-state index in [1.54, 1.807) is 0 Å². The van der Waals surface area contributed by atoms with E-state index in [-0.39, 0.29) is 11.8 Å². The normalized spacial score (nSPS) is 20.6. The lowest BCUT2D eigenvalue weighted by molar-refractivity contribution is -0.148. The Morgan fingerprint density at radius 3 is 2.63 bits per heavy atom. The van der Waals surface area contributed by atoms with E-state index in [1.807, 2.05) is 30.3 Å². The largest absolute Gasteiger partial charge is 0.480 e. The molecule has 102 valence electrons. The fourth-order valence-corrected chi connectivity index (χ4v) is 2.44. The number of aliphatic carboxylic acids is 1. The molecule has 1 aliphatic rings. The summed E-state index contributed by atoms with van der Waals surface area (Å²) in [6, 6.07) is 8.55. The van der Waals surface area contributed by atoms with E-state index in [9.17, 15) is 14.7 Å². The van der Waals surface area contributed by atoms with Crippen LogP contribution < -0.4 is 5.73 Å². The maximum Gasteiger partial charge on any atom is 0.326 e. The summed E-state index contributed by atoms with van der Waals surface area (Å²) >= 11 is 0. The Bertz CT molecular complexity index is 461. The lowest BCUT2D eigenvalue weighted by Crippen LogP contribution is -2.44.